The molecule has 0 spiro atoms. The van der Waals surface area contributed by atoms with Gasteiger partial charge in [-0.05, 0) is 55.0 Å². The van der Waals surface area contributed by atoms with Crippen LogP contribution in [0, 0.1) is 6.92 Å². The highest BCUT2D eigenvalue weighted by atomic mass is 35.5. The van der Waals surface area contributed by atoms with Crippen LogP contribution in [0.5, 0.6) is 5.75 Å². The molecule has 0 bridgehead atoms. The van der Waals surface area contributed by atoms with Crippen molar-refractivity contribution in [2.45, 2.75) is 37.1 Å². The van der Waals surface area contributed by atoms with Crippen LogP contribution in [0.2, 0.25) is 5.02 Å². The van der Waals surface area contributed by atoms with Crippen LogP contribution in [-0.4, -0.2) is 27.4 Å². The molecule has 4 aromatic rings. The highest BCUT2D eigenvalue weighted by Crippen LogP contribution is 2.38. The third-order valence-corrected chi connectivity index (χ3v) is 6.49. The molecule has 2 heterocycles. The summed E-state index contributed by atoms with van der Waals surface area (Å²) in [6.07, 6.45) is 3.87. The predicted molar refractivity (Wildman–Crippen MR) is 148 cm³/mol. The molecule has 7 nitrogen and oxygen atoms in total. The Morgan fingerprint density at radius 3 is 2.46 bits per heavy atom. The fourth-order valence-corrected chi connectivity index (χ4v) is 4.47. The molecule has 1 aliphatic heterocycles. The van der Waals surface area contributed by atoms with Gasteiger partial charge in [0.1, 0.15) is 5.75 Å². The van der Waals surface area contributed by atoms with Gasteiger partial charge in [-0.1, -0.05) is 55.4 Å². The molecule has 0 unspecified atom stereocenters. The molecule has 2 amide bonds. The van der Waals surface area contributed by atoms with Crippen molar-refractivity contribution in [3.63, 3.8) is 0 Å². The van der Waals surface area contributed by atoms with Crippen molar-refractivity contribution in [2.24, 2.45) is 0 Å². The highest BCUT2D eigenvalue weighted by molar-refractivity contribution is 7.99. The highest BCUT2D eigenvalue weighted by Gasteiger charge is 2.19. The Kier molecular flexibility index (Phi) is 10.1. The molecule has 0 saturated heterocycles. The number of halogens is 1. The number of anilines is 1. The van der Waals surface area contributed by atoms with Crippen molar-refractivity contribution < 1.29 is 14.7 Å². The normalized spacial score (nSPS) is 11.2. The number of phenols is 1. The van der Waals surface area contributed by atoms with Crippen LogP contribution >= 0.6 is 23.4 Å². The van der Waals surface area contributed by atoms with Gasteiger partial charge in [-0.2, -0.15) is 0 Å². The standard InChI is InChI=1S/C14H11NOS.C12H10ClN3O2.C2H6/c1-9-6-7-13-11(8-9)15-14(16)10-4-2-3-5-12(10)17-13;13-10-3-9(1-2-11(10)18)12-15-5-8(6-16-12)4-14-7-17;1-2/h2-8H,1H3,(H,15,16);1-3,5-7,18H,4H2,(H,14,17);1-2H3. The van der Waals surface area contributed by atoms with E-state index in [1.54, 1.807) is 36.3 Å². The molecule has 1 aromatic heterocycles. The minimum Gasteiger partial charge on any atom is -0.506 e. The first kappa shape index (κ1) is 27.7. The van der Waals surface area contributed by atoms with Gasteiger partial charge in [-0.25, -0.2) is 9.97 Å². The van der Waals surface area contributed by atoms with E-state index in [1.165, 1.54) is 6.07 Å². The molecule has 0 saturated carbocycles. The van der Waals surface area contributed by atoms with Gasteiger partial charge < -0.3 is 15.7 Å². The lowest BCUT2D eigenvalue weighted by atomic mass is 10.2. The van der Waals surface area contributed by atoms with E-state index in [1.807, 2.05) is 51.1 Å². The van der Waals surface area contributed by atoms with Crippen molar-refractivity contribution in [3.05, 3.63) is 94.8 Å². The quantitative estimate of drug-likeness (QED) is 0.259. The summed E-state index contributed by atoms with van der Waals surface area (Å²) in [4.78, 5) is 32.6. The van der Waals surface area contributed by atoms with Gasteiger partial charge in [0.2, 0.25) is 6.41 Å². The van der Waals surface area contributed by atoms with Crippen LogP contribution in [0.15, 0.2) is 82.8 Å². The number of carbonyl (C=O) groups is 2. The molecule has 0 atom stereocenters. The van der Waals surface area contributed by atoms with E-state index in [4.69, 9.17) is 11.6 Å². The number of hydrogen-bond donors (Lipinski definition) is 3. The summed E-state index contributed by atoms with van der Waals surface area (Å²) in [6, 6.07) is 18.6. The first-order valence-corrected chi connectivity index (χ1v) is 12.8. The third-order valence-electron chi connectivity index (χ3n) is 5.04. The molecule has 9 heteroatoms. The van der Waals surface area contributed by atoms with Crippen LogP contribution in [0.25, 0.3) is 11.4 Å². The zero-order valence-electron chi connectivity index (χ0n) is 20.7. The summed E-state index contributed by atoms with van der Waals surface area (Å²) in [5.74, 6) is 0.497. The van der Waals surface area contributed by atoms with E-state index in [0.29, 0.717) is 24.3 Å². The molecule has 0 aliphatic carbocycles. The van der Waals surface area contributed by atoms with Crippen molar-refractivity contribution in [1.82, 2.24) is 15.3 Å². The van der Waals surface area contributed by atoms with Crippen molar-refractivity contribution in [3.8, 4) is 17.1 Å². The smallest absolute Gasteiger partial charge is 0.256 e. The van der Waals surface area contributed by atoms with Crippen LogP contribution in [0.3, 0.4) is 0 Å². The predicted octanol–water partition coefficient (Wildman–Crippen LogP) is 6.49. The average Bonchev–Trinajstić information content (AvgIpc) is 3.06. The maximum absolute atomic E-state index is 12.1. The summed E-state index contributed by atoms with van der Waals surface area (Å²) >= 11 is 7.44. The zero-order valence-corrected chi connectivity index (χ0v) is 22.2. The minimum atomic E-state index is -0.0301. The van der Waals surface area contributed by atoms with Gasteiger partial charge in [0.05, 0.1) is 16.3 Å². The van der Waals surface area contributed by atoms with Crippen molar-refractivity contribution >= 4 is 41.4 Å². The maximum Gasteiger partial charge on any atom is 0.256 e. The molecule has 0 fully saturated rings. The fraction of sp³-hybridized carbons (Fsp3) is 0.143. The molecular weight excluding hydrogens is 508 g/mol. The van der Waals surface area contributed by atoms with Crippen LogP contribution in [0.4, 0.5) is 5.69 Å². The van der Waals surface area contributed by atoms with Gasteiger partial charge in [-0.3, -0.25) is 9.59 Å². The van der Waals surface area contributed by atoms with Gasteiger partial charge >= 0.3 is 0 Å². The zero-order chi connectivity index (χ0) is 26.8. The van der Waals surface area contributed by atoms with E-state index in [-0.39, 0.29) is 16.7 Å². The number of phenolic OH excluding ortho intramolecular Hbond substituents is 1. The van der Waals surface area contributed by atoms with E-state index in [2.05, 4.69) is 32.7 Å². The van der Waals surface area contributed by atoms with Crippen LogP contribution < -0.4 is 10.6 Å². The van der Waals surface area contributed by atoms with E-state index >= 15 is 0 Å². The summed E-state index contributed by atoms with van der Waals surface area (Å²) in [5, 5.41) is 15.1. The van der Waals surface area contributed by atoms with Crippen molar-refractivity contribution in [1.29, 1.82) is 0 Å². The maximum atomic E-state index is 12.1. The number of nitrogens with one attached hydrogen (secondary N) is 2. The Labute approximate surface area is 225 Å². The number of rotatable bonds is 4. The number of aromatic nitrogens is 2. The van der Waals surface area contributed by atoms with Gasteiger partial charge in [-0.15, -0.1) is 0 Å². The number of fused-ring (bicyclic) bond motifs is 2. The summed E-state index contributed by atoms with van der Waals surface area (Å²) in [7, 11) is 0. The first-order valence-electron chi connectivity index (χ1n) is 11.6. The molecule has 37 heavy (non-hydrogen) atoms. The second-order valence-corrected chi connectivity index (χ2v) is 9.12. The minimum absolute atomic E-state index is 0.0206. The number of amides is 2. The summed E-state index contributed by atoms with van der Waals surface area (Å²) in [6.45, 7) is 6.41. The second kappa shape index (κ2) is 13.4. The Morgan fingerprint density at radius 2 is 1.76 bits per heavy atom. The average molecular weight is 535 g/mol. The number of nitrogens with zero attached hydrogens (tertiary/aromatic N) is 2. The van der Waals surface area contributed by atoms with Gasteiger partial charge in [0, 0.05) is 39.9 Å². The lowest BCUT2D eigenvalue weighted by molar-refractivity contribution is -0.109. The van der Waals surface area contributed by atoms with Crippen molar-refractivity contribution in [2.75, 3.05) is 5.32 Å². The van der Waals surface area contributed by atoms with E-state index in [9.17, 15) is 14.7 Å². The first-order chi connectivity index (χ1) is 17.9. The Hall–Kier alpha value is -3.88. The fourth-order valence-electron chi connectivity index (χ4n) is 3.28. The van der Waals surface area contributed by atoms with Crippen LogP contribution in [0.1, 0.15) is 35.3 Å². The molecule has 190 valence electrons. The number of benzene rings is 3. The molecule has 0 radical (unpaired) electrons. The topological polar surface area (TPSA) is 104 Å². The second-order valence-electron chi connectivity index (χ2n) is 7.63. The number of carbonyl (C=O) groups excluding carboxylic acids is 2. The molecule has 3 aromatic carbocycles. The number of hydrogen-bond acceptors (Lipinski definition) is 6. The largest absolute Gasteiger partial charge is 0.506 e. The van der Waals surface area contributed by atoms with Crippen LogP contribution in [-0.2, 0) is 11.3 Å². The van der Waals surface area contributed by atoms with Gasteiger partial charge in [0.25, 0.3) is 5.91 Å². The monoisotopic (exact) mass is 534 g/mol. The summed E-state index contributed by atoms with van der Waals surface area (Å²) in [5.41, 5.74) is 4.31. The Morgan fingerprint density at radius 1 is 1.03 bits per heavy atom. The molecular formula is C28H27ClN4O3S. The Balaban J connectivity index is 0.000000193. The SMILES string of the molecule is CC.Cc1ccc2c(c1)NC(=O)c1ccccc1S2.O=CNCc1cnc(-c2ccc(O)c(Cl)c2)nc1. The molecule has 1 aliphatic rings. The Bertz CT molecular complexity index is 1380. The lowest BCUT2D eigenvalue weighted by Gasteiger charge is -2.06. The van der Waals surface area contributed by atoms with Gasteiger partial charge in [0.15, 0.2) is 5.82 Å². The summed E-state index contributed by atoms with van der Waals surface area (Å²) < 4.78 is 0. The number of aryl methyl sites for hydroxylation is 1. The third kappa shape index (κ3) is 7.31. The lowest BCUT2D eigenvalue weighted by Crippen LogP contribution is -2.11. The number of aromatic hydroxyl groups is 1. The van der Waals surface area contributed by atoms with E-state index in [0.717, 1.165) is 32.2 Å². The van der Waals surface area contributed by atoms with E-state index < -0.39 is 0 Å². The molecule has 5 rings (SSSR count). The molecule has 3 N–H and O–H groups in total.